The van der Waals surface area contributed by atoms with Crippen LogP contribution in [0.1, 0.15) is 6.42 Å². The van der Waals surface area contributed by atoms with E-state index in [1.165, 1.54) is 0 Å². The monoisotopic (exact) mass is 191 g/mol. The van der Waals surface area contributed by atoms with E-state index in [-0.39, 0.29) is 11.8 Å². The Kier molecular flexibility index (Phi) is 1.47. The van der Waals surface area contributed by atoms with Crippen molar-refractivity contribution in [3.63, 3.8) is 0 Å². The first-order valence-electron chi connectivity index (χ1n) is 3.71. The number of hydrogen-bond donors (Lipinski definition) is 2. The second-order valence-corrected chi connectivity index (χ2v) is 5.55. The molecule has 0 aromatic heterocycles. The number of rotatable bonds is 1. The fraction of sp³-hybridized carbons (Fsp3) is 0.833. The molecule has 6 heteroatoms. The third-order valence-electron chi connectivity index (χ3n) is 2.46. The summed E-state index contributed by atoms with van der Waals surface area (Å²) in [4.78, 5) is 10.6. The predicted octanol–water partition coefficient (Wildman–Crippen LogP) is -1.40. The molecule has 2 N–H and O–H groups in total. The van der Waals surface area contributed by atoms with E-state index in [9.17, 15) is 13.2 Å². The van der Waals surface area contributed by atoms with Crippen molar-refractivity contribution >= 4 is 15.8 Å². The summed E-state index contributed by atoms with van der Waals surface area (Å²) in [7, 11) is -3.12. The molecular weight excluding hydrogens is 182 g/mol. The number of nitrogens with one attached hydrogen (secondary N) is 1. The molecule has 0 aromatic rings. The first-order valence-corrected chi connectivity index (χ1v) is 5.42. The first kappa shape index (κ1) is 8.00. The molecule has 2 bridgehead atoms. The molecule has 0 amide bonds. The number of carbonyl (C=O) groups is 1. The van der Waals surface area contributed by atoms with Gasteiger partial charge in [0.1, 0.15) is 6.04 Å². The minimum Gasteiger partial charge on any atom is -0.480 e. The van der Waals surface area contributed by atoms with Gasteiger partial charge in [0.25, 0.3) is 0 Å². The van der Waals surface area contributed by atoms with Crippen molar-refractivity contribution in [2.75, 3.05) is 5.75 Å². The number of carboxylic acids is 1. The van der Waals surface area contributed by atoms with Crippen molar-refractivity contribution in [2.45, 2.75) is 23.8 Å². The van der Waals surface area contributed by atoms with Gasteiger partial charge in [-0.3, -0.25) is 10.1 Å². The highest BCUT2D eigenvalue weighted by Gasteiger charge is 2.52. The zero-order valence-electron chi connectivity index (χ0n) is 6.23. The maximum absolute atomic E-state index is 11.2. The number of aliphatic carboxylic acids is 1. The summed E-state index contributed by atoms with van der Waals surface area (Å²) in [5.74, 6) is -0.965. The van der Waals surface area contributed by atoms with Gasteiger partial charge in [0.05, 0.1) is 11.0 Å². The Balaban J connectivity index is 2.32. The lowest BCUT2D eigenvalue weighted by Gasteiger charge is -2.18. The van der Waals surface area contributed by atoms with Gasteiger partial charge >= 0.3 is 5.97 Å². The van der Waals surface area contributed by atoms with Crippen molar-refractivity contribution in [1.29, 1.82) is 0 Å². The van der Waals surface area contributed by atoms with E-state index in [4.69, 9.17) is 5.11 Å². The molecular formula is C6H9NO4S. The fourth-order valence-corrected chi connectivity index (χ4v) is 4.13. The Morgan fingerprint density at radius 1 is 1.50 bits per heavy atom. The van der Waals surface area contributed by atoms with E-state index in [1.807, 2.05) is 0 Å². The fourth-order valence-electron chi connectivity index (χ4n) is 1.95. The summed E-state index contributed by atoms with van der Waals surface area (Å²) in [5, 5.41) is 10.7. The second kappa shape index (κ2) is 2.20. The molecule has 2 aliphatic rings. The minimum absolute atomic E-state index is 0.0987. The van der Waals surface area contributed by atoms with E-state index < -0.39 is 27.1 Å². The van der Waals surface area contributed by atoms with Gasteiger partial charge in [0, 0.05) is 6.04 Å². The van der Waals surface area contributed by atoms with Crippen molar-refractivity contribution in [3.05, 3.63) is 0 Å². The molecule has 0 aliphatic carbocycles. The van der Waals surface area contributed by atoms with E-state index in [1.54, 1.807) is 0 Å². The third-order valence-corrected chi connectivity index (χ3v) is 4.72. The third kappa shape index (κ3) is 0.947. The Morgan fingerprint density at radius 2 is 2.17 bits per heavy atom. The van der Waals surface area contributed by atoms with Crippen LogP contribution in [0.3, 0.4) is 0 Å². The molecule has 2 heterocycles. The lowest BCUT2D eigenvalue weighted by atomic mass is 10.2. The van der Waals surface area contributed by atoms with Gasteiger partial charge < -0.3 is 5.11 Å². The molecule has 68 valence electrons. The van der Waals surface area contributed by atoms with Gasteiger partial charge in [-0.2, -0.15) is 0 Å². The summed E-state index contributed by atoms with van der Waals surface area (Å²) < 4.78 is 22.5. The zero-order chi connectivity index (χ0) is 8.93. The van der Waals surface area contributed by atoms with Crippen LogP contribution in [0.4, 0.5) is 0 Å². The molecule has 0 spiro atoms. The predicted molar refractivity (Wildman–Crippen MR) is 40.5 cm³/mol. The van der Waals surface area contributed by atoms with Crippen LogP contribution in [0.5, 0.6) is 0 Å². The largest absolute Gasteiger partial charge is 0.480 e. The van der Waals surface area contributed by atoms with E-state index in [0.29, 0.717) is 6.42 Å². The zero-order valence-corrected chi connectivity index (χ0v) is 7.04. The van der Waals surface area contributed by atoms with Gasteiger partial charge in [-0.05, 0) is 6.42 Å². The number of hydrogen-bond acceptors (Lipinski definition) is 4. The summed E-state index contributed by atoms with van der Waals surface area (Å²) in [6.07, 6.45) is 0.458. The topological polar surface area (TPSA) is 83.5 Å². The molecule has 0 aromatic carbocycles. The molecule has 3 unspecified atom stereocenters. The van der Waals surface area contributed by atoms with Crippen LogP contribution < -0.4 is 5.32 Å². The summed E-state index contributed by atoms with van der Waals surface area (Å²) >= 11 is 0. The van der Waals surface area contributed by atoms with Crippen LogP contribution in [0.15, 0.2) is 0 Å². The maximum atomic E-state index is 11.2. The minimum atomic E-state index is -3.12. The highest BCUT2D eigenvalue weighted by molar-refractivity contribution is 7.92. The van der Waals surface area contributed by atoms with Crippen molar-refractivity contribution in [2.24, 2.45) is 0 Å². The number of carboxylic acid groups (broad SMARTS) is 1. The van der Waals surface area contributed by atoms with Crippen LogP contribution in [0.25, 0.3) is 0 Å². The molecule has 2 aliphatic heterocycles. The molecule has 5 nitrogen and oxygen atoms in total. The van der Waals surface area contributed by atoms with Crippen LogP contribution in [0.2, 0.25) is 0 Å². The molecule has 2 fully saturated rings. The molecule has 0 radical (unpaired) electrons. The van der Waals surface area contributed by atoms with Crippen LogP contribution >= 0.6 is 0 Å². The van der Waals surface area contributed by atoms with Crippen molar-refractivity contribution < 1.29 is 18.3 Å². The van der Waals surface area contributed by atoms with Crippen molar-refractivity contribution in [1.82, 2.24) is 5.32 Å². The lowest BCUT2D eigenvalue weighted by Crippen LogP contribution is -2.49. The average Bonchev–Trinajstić information content (AvgIpc) is 2.40. The smallest absolute Gasteiger partial charge is 0.322 e. The van der Waals surface area contributed by atoms with Gasteiger partial charge in [-0.1, -0.05) is 0 Å². The van der Waals surface area contributed by atoms with Crippen molar-refractivity contribution in [3.8, 4) is 0 Å². The lowest BCUT2D eigenvalue weighted by molar-refractivity contribution is -0.139. The Hall–Kier alpha value is -0.620. The summed E-state index contributed by atoms with van der Waals surface area (Å²) in [6.45, 7) is 0. The van der Waals surface area contributed by atoms with Gasteiger partial charge in [0.15, 0.2) is 9.84 Å². The number of fused-ring (bicyclic) bond motifs is 2. The van der Waals surface area contributed by atoms with Crippen LogP contribution in [-0.2, 0) is 14.6 Å². The maximum Gasteiger partial charge on any atom is 0.322 e. The summed E-state index contributed by atoms with van der Waals surface area (Å²) in [6, 6.07) is -1.02. The highest BCUT2D eigenvalue weighted by Crippen LogP contribution is 2.30. The van der Waals surface area contributed by atoms with Gasteiger partial charge in [-0.15, -0.1) is 0 Å². The molecule has 3 atom stereocenters. The normalized spacial score (nSPS) is 43.2. The Labute approximate surface area is 69.7 Å². The molecule has 12 heavy (non-hydrogen) atoms. The molecule has 2 rings (SSSR count). The van der Waals surface area contributed by atoms with Crippen LogP contribution in [0, 0.1) is 0 Å². The quantitative estimate of drug-likeness (QED) is 0.532. The second-order valence-electron chi connectivity index (χ2n) is 3.28. The van der Waals surface area contributed by atoms with Gasteiger partial charge in [-0.25, -0.2) is 8.42 Å². The van der Waals surface area contributed by atoms with E-state index in [2.05, 4.69) is 5.32 Å². The Morgan fingerprint density at radius 3 is 2.50 bits per heavy atom. The molecule has 2 saturated heterocycles. The Bertz CT molecular complexity index is 322. The average molecular weight is 191 g/mol. The highest BCUT2D eigenvalue weighted by atomic mass is 32.2. The van der Waals surface area contributed by atoms with E-state index in [0.717, 1.165) is 0 Å². The standard InChI is InChI=1S/C6H9NO4S/c8-6(9)5-4-1-3(7-5)2-12(4,10)11/h3-5,7H,1-2H2,(H,8,9). The van der Waals surface area contributed by atoms with Crippen LogP contribution in [-0.4, -0.2) is 42.6 Å². The summed E-state index contributed by atoms with van der Waals surface area (Å²) in [5.41, 5.74) is 0. The SMILES string of the molecule is O=C(O)C1NC2CC1S(=O)(=O)C2. The number of sulfone groups is 1. The van der Waals surface area contributed by atoms with Gasteiger partial charge in [0.2, 0.25) is 0 Å². The van der Waals surface area contributed by atoms with E-state index >= 15 is 0 Å². The molecule has 0 saturated carbocycles. The first-order chi connectivity index (χ1) is 5.50.